The van der Waals surface area contributed by atoms with Crippen LogP contribution >= 0.6 is 11.5 Å². The van der Waals surface area contributed by atoms with Crippen LogP contribution in [0.3, 0.4) is 0 Å². The van der Waals surface area contributed by atoms with Gasteiger partial charge in [-0.25, -0.2) is 18.9 Å². The Bertz CT molecular complexity index is 1470. The van der Waals surface area contributed by atoms with E-state index in [0.29, 0.717) is 41.4 Å². The molecule has 1 saturated heterocycles. The van der Waals surface area contributed by atoms with Crippen LogP contribution in [0.4, 0.5) is 5.82 Å². The zero-order valence-corrected chi connectivity index (χ0v) is 23.4. The van der Waals surface area contributed by atoms with E-state index in [-0.39, 0.29) is 23.9 Å². The summed E-state index contributed by atoms with van der Waals surface area (Å²) in [5, 5.41) is 10.3. The van der Waals surface area contributed by atoms with E-state index in [9.17, 15) is 9.59 Å². The summed E-state index contributed by atoms with van der Waals surface area (Å²) in [5.41, 5.74) is 3.15. The van der Waals surface area contributed by atoms with E-state index >= 15 is 0 Å². The average Bonchev–Trinajstić information content (AvgIpc) is 3.61. The lowest BCUT2D eigenvalue weighted by Crippen LogP contribution is -2.56. The maximum absolute atomic E-state index is 13.4. The summed E-state index contributed by atoms with van der Waals surface area (Å²) < 4.78 is 5.88. The Labute approximate surface area is 231 Å². The van der Waals surface area contributed by atoms with Crippen LogP contribution < -0.4 is 15.5 Å². The Balaban J connectivity index is 1.52. The number of nitrogens with zero attached hydrogens (tertiary/aromatic N) is 7. The molecule has 1 fully saturated rings. The van der Waals surface area contributed by atoms with Crippen LogP contribution in [0.25, 0.3) is 27.5 Å². The minimum absolute atomic E-state index is 0.0700. The molecular weight excluding hydrogens is 514 g/mol. The molecule has 5 heterocycles. The van der Waals surface area contributed by atoms with Gasteiger partial charge in [-0.2, -0.15) is 5.10 Å². The van der Waals surface area contributed by atoms with Crippen molar-refractivity contribution >= 4 is 34.8 Å². The number of fused-ring (bicyclic) bond motifs is 1. The number of amides is 2. The Hall–Kier alpha value is -3.90. The molecule has 2 amide bonds. The van der Waals surface area contributed by atoms with Gasteiger partial charge in [0, 0.05) is 44.1 Å². The third-order valence-corrected chi connectivity index (χ3v) is 8.04. The van der Waals surface area contributed by atoms with Crippen LogP contribution in [0.5, 0.6) is 0 Å². The second kappa shape index (κ2) is 11.5. The van der Waals surface area contributed by atoms with Crippen LogP contribution in [0.2, 0.25) is 0 Å². The molecule has 0 saturated carbocycles. The fourth-order valence-electron chi connectivity index (χ4n) is 4.89. The van der Waals surface area contributed by atoms with Crippen LogP contribution in [0, 0.1) is 0 Å². The Kier molecular flexibility index (Phi) is 7.84. The number of likely N-dealkylation sites (N-methyl/N-ethyl adjacent to an activating group) is 2. The highest BCUT2D eigenvalue weighted by atomic mass is 32.1. The first kappa shape index (κ1) is 26.7. The van der Waals surface area contributed by atoms with Gasteiger partial charge in [-0.15, -0.1) is 0 Å². The first-order chi connectivity index (χ1) is 18.9. The maximum atomic E-state index is 13.4. The van der Waals surface area contributed by atoms with E-state index in [0.717, 1.165) is 30.1 Å². The normalized spacial score (nSPS) is 15.8. The van der Waals surface area contributed by atoms with Crippen molar-refractivity contribution in [1.29, 1.82) is 0 Å². The lowest BCUT2D eigenvalue weighted by molar-refractivity contribution is -0.123. The molecule has 39 heavy (non-hydrogen) atoms. The summed E-state index contributed by atoms with van der Waals surface area (Å²) in [6, 6.07) is 7.22. The number of carbonyl (C=O) groups excluding carboxylic acids is 2. The van der Waals surface area contributed by atoms with E-state index < -0.39 is 0 Å². The smallest absolute Gasteiger partial charge is 0.251 e. The van der Waals surface area contributed by atoms with Crippen LogP contribution in [0.15, 0.2) is 42.9 Å². The molecule has 11 nitrogen and oxygen atoms in total. The molecule has 1 aliphatic rings. The van der Waals surface area contributed by atoms with Gasteiger partial charge < -0.3 is 15.5 Å². The van der Waals surface area contributed by atoms with Gasteiger partial charge in [0.25, 0.3) is 5.91 Å². The second-order valence-electron chi connectivity index (χ2n) is 9.51. The summed E-state index contributed by atoms with van der Waals surface area (Å²) in [5.74, 6) is 0.317. The molecule has 0 aromatic carbocycles. The van der Waals surface area contributed by atoms with E-state index in [1.807, 2.05) is 23.2 Å². The number of hydrogen-bond donors (Lipinski definition) is 2. The predicted octanol–water partition coefficient (Wildman–Crippen LogP) is 2.70. The first-order valence-corrected chi connectivity index (χ1v) is 14.0. The summed E-state index contributed by atoms with van der Waals surface area (Å²) in [7, 11) is 1.63. The third-order valence-electron chi connectivity index (χ3n) is 7.27. The zero-order chi connectivity index (χ0) is 27.5. The Morgan fingerprint density at radius 1 is 1.18 bits per heavy atom. The van der Waals surface area contributed by atoms with Crippen molar-refractivity contribution in [1.82, 2.24) is 39.5 Å². The molecule has 204 valence electrons. The molecule has 4 aromatic heterocycles. The summed E-state index contributed by atoms with van der Waals surface area (Å²) in [6.45, 7) is 9.37. The number of carbonyl (C=O) groups is 2. The van der Waals surface area contributed by atoms with Crippen molar-refractivity contribution in [3.05, 3.63) is 48.4 Å². The molecule has 0 bridgehead atoms. The van der Waals surface area contributed by atoms with Gasteiger partial charge in [0.2, 0.25) is 5.91 Å². The molecule has 0 unspecified atom stereocenters. The van der Waals surface area contributed by atoms with E-state index in [4.69, 9.17) is 9.97 Å². The topological polar surface area (TPSA) is 121 Å². The average molecular weight is 548 g/mol. The molecule has 1 aliphatic heterocycles. The zero-order valence-electron chi connectivity index (χ0n) is 22.6. The lowest BCUT2D eigenvalue weighted by atomic mass is 10.0. The van der Waals surface area contributed by atoms with Gasteiger partial charge in [0.1, 0.15) is 11.9 Å². The number of pyridine rings is 1. The molecule has 5 rings (SSSR count). The van der Waals surface area contributed by atoms with Crippen molar-refractivity contribution in [2.75, 3.05) is 38.1 Å². The number of anilines is 1. The number of aromatic nitrogens is 5. The largest absolute Gasteiger partial charge is 0.357 e. The maximum Gasteiger partial charge on any atom is 0.251 e. The van der Waals surface area contributed by atoms with Crippen molar-refractivity contribution < 1.29 is 9.59 Å². The fourth-order valence-corrected chi connectivity index (χ4v) is 5.45. The van der Waals surface area contributed by atoms with Crippen molar-refractivity contribution in [3.8, 4) is 21.8 Å². The van der Waals surface area contributed by atoms with E-state index in [1.165, 1.54) is 11.5 Å². The Morgan fingerprint density at radius 3 is 2.67 bits per heavy atom. The van der Waals surface area contributed by atoms with Gasteiger partial charge in [-0.3, -0.25) is 14.5 Å². The monoisotopic (exact) mass is 547 g/mol. The first-order valence-electron chi connectivity index (χ1n) is 13.2. The molecule has 0 radical (unpaired) electrons. The van der Waals surface area contributed by atoms with Gasteiger partial charge in [-0.05, 0) is 62.2 Å². The quantitative estimate of drug-likeness (QED) is 0.311. The molecule has 0 spiro atoms. The molecule has 2 N–H and O–H groups in total. The van der Waals surface area contributed by atoms with Gasteiger partial charge >= 0.3 is 0 Å². The van der Waals surface area contributed by atoms with Crippen LogP contribution in [-0.4, -0.2) is 86.0 Å². The third kappa shape index (κ3) is 5.34. The van der Waals surface area contributed by atoms with Crippen molar-refractivity contribution in [2.24, 2.45) is 0 Å². The number of nitrogens with one attached hydrogen (secondary N) is 2. The van der Waals surface area contributed by atoms with Gasteiger partial charge in [-0.1, -0.05) is 13.8 Å². The van der Waals surface area contributed by atoms with Gasteiger partial charge in [0.15, 0.2) is 5.65 Å². The highest BCUT2D eigenvalue weighted by Gasteiger charge is 2.35. The highest BCUT2D eigenvalue weighted by molar-refractivity contribution is 7.09. The SMILES string of the molecule is CCN(CC)[C@@H](C)CNC(=O)c1cc(-c2cnn3ccc(-c4ccns4)nc23)nc(N2CC[C@H]2C(=O)NC)c1. The minimum Gasteiger partial charge on any atom is -0.357 e. The molecule has 0 aliphatic carbocycles. The number of hydrogen-bond acceptors (Lipinski definition) is 9. The van der Waals surface area contributed by atoms with Crippen LogP contribution in [0.1, 0.15) is 37.6 Å². The van der Waals surface area contributed by atoms with E-state index in [1.54, 1.807) is 36.1 Å². The van der Waals surface area contributed by atoms with E-state index in [2.05, 4.69) is 45.8 Å². The standard InChI is InChI=1S/C27H33N9O2S/c1-5-34(6-2)17(3)15-29-26(37)18-13-21(32-24(14-18)35-11-9-22(35)27(38)28-4)19-16-30-36-12-8-20(33-25(19)36)23-7-10-31-39-23/h7-8,10,12-14,16-17,22H,5-6,9,11,15H2,1-4H3,(H,28,38)(H,29,37)/t17-,22-/m0/s1. The van der Waals surface area contributed by atoms with Crippen molar-refractivity contribution in [2.45, 2.75) is 39.3 Å². The highest BCUT2D eigenvalue weighted by Crippen LogP contribution is 2.31. The Morgan fingerprint density at radius 2 is 2.00 bits per heavy atom. The molecule has 12 heteroatoms. The lowest BCUT2D eigenvalue weighted by Gasteiger charge is -2.40. The fraction of sp³-hybridized carbons (Fsp3) is 0.407. The summed E-state index contributed by atoms with van der Waals surface area (Å²) in [6.07, 6.45) is 6.03. The number of rotatable bonds is 10. The second-order valence-corrected chi connectivity index (χ2v) is 10.3. The van der Waals surface area contributed by atoms with Gasteiger partial charge in [0.05, 0.1) is 28.0 Å². The predicted molar refractivity (Wildman–Crippen MR) is 152 cm³/mol. The van der Waals surface area contributed by atoms with Crippen LogP contribution in [-0.2, 0) is 4.79 Å². The summed E-state index contributed by atoms with van der Waals surface area (Å²) >= 11 is 1.37. The molecule has 2 atom stereocenters. The molecular formula is C27H33N9O2S. The van der Waals surface area contributed by atoms with Crippen molar-refractivity contribution in [3.63, 3.8) is 0 Å². The summed E-state index contributed by atoms with van der Waals surface area (Å²) in [4.78, 5) is 40.7. The molecule has 4 aromatic rings. The minimum atomic E-state index is -0.323.